The molecule has 0 radical (unpaired) electrons. The molecule has 30 heavy (non-hydrogen) atoms. The molecular formula is C24H27ClFN3O. The van der Waals surface area contributed by atoms with Crippen molar-refractivity contribution in [3.8, 4) is 11.3 Å². The van der Waals surface area contributed by atoms with E-state index >= 15 is 0 Å². The van der Waals surface area contributed by atoms with Gasteiger partial charge in [-0.15, -0.1) is 0 Å². The molecule has 6 heteroatoms. The predicted molar refractivity (Wildman–Crippen MR) is 120 cm³/mol. The standard InChI is InChI=1S/C23H23ClFN3O.CH4/c24-21-14-26-18(10-15-7-8-19(29)11-15)12-20(21)22-5-2-6-23(28-22)27-13-16-3-1-4-17(25)9-16;/h1-6,9,12,14-15,19,29H,7-8,10-11,13H2,(H,27,28);1H4/t15-,19-;/m1./s1. The average molecular weight is 428 g/mol. The molecule has 0 saturated heterocycles. The number of nitrogens with one attached hydrogen (secondary N) is 1. The summed E-state index contributed by atoms with van der Waals surface area (Å²) in [6.45, 7) is 0.480. The van der Waals surface area contributed by atoms with Crippen LogP contribution in [0.1, 0.15) is 37.9 Å². The lowest BCUT2D eigenvalue weighted by molar-refractivity contribution is 0.177. The number of pyridine rings is 2. The summed E-state index contributed by atoms with van der Waals surface area (Å²) in [5.41, 5.74) is 3.41. The number of aliphatic hydroxyl groups is 1. The van der Waals surface area contributed by atoms with Crippen LogP contribution in [0, 0.1) is 11.7 Å². The third-order valence-corrected chi connectivity index (χ3v) is 5.61. The molecule has 3 aromatic rings. The summed E-state index contributed by atoms with van der Waals surface area (Å²) < 4.78 is 13.3. The molecule has 4 nitrogen and oxygen atoms in total. The van der Waals surface area contributed by atoms with Crippen molar-refractivity contribution in [1.29, 1.82) is 0 Å². The fourth-order valence-electron chi connectivity index (χ4n) is 3.84. The highest BCUT2D eigenvalue weighted by Crippen LogP contribution is 2.31. The van der Waals surface area contributed by atoms with Gasteiger partial charge in [0.15, 0.2) is 0 Å². The first-order valence-corrected chi connectivity index (χ1v) is 10.2. The number of nitrogens with zero attached hydrogens (tertiary/aromatic N) is 2. The van der Waals surface area contributed by atoms with Crippen LogP contribution >= 0.6 is 11.6 Å². The van der Waals surface area contributed by atoms with Gasteiger partial charge in [-0.25, -0.2) is 9.37 Å². The highest BCUT2D eigenvalue weighted by molar-refractivity contribution is 6.33. The maximum absolute atomic E-state index is 13.3. The number of hydrogen-bond donors (Lipinski definition) is 2. The van der Waals surface area contributed by atoms with Gasteiger partial charge in [-0.3, -0.25) is 4.98 Å². The summed E-state index contributed by atoms with van der Waals surface area (Å²) in [5.74, 6) is 0.899. The number of aromatic nitrogens is 2. The largest absolute Gasteiger partial charge is 0.393 e. The van der Waals surface area contributed by atoms with Crippen LogP contribution in [0.5, 0.6) is 0 Å². The first kappa shape index (κ1) is 22.2. The fourth-order valence-corrected chi connectivity index (χ4v) is 4.04. The zero-order valence-corrected chi connectivity index (χ0v) is 16.7. The minimum Gasteiger partial charge on any atom is -0.393 e. The van der Waals surface area contributed by atoms with E-state index in [9.17, 15) is 9.50 Å². The molecule has 2 aromatic heterocycles. The molecule has 0 aliphatic heterocycles. The van der Waals surface area contributed by atoms with Crippen molar-refractivity contribution in [2.45, 2.75) is 45.8 Å². The molecule has 1 saturated carbocycles. The van der Waals surface area contributed by atoms with E-state index in [4.69, 9.17) is 11.6 Å². The minimum atomic E-state index is -0.253. The van der Waals surface area contributed by atoms with E-state index in [1.165, 1.54) is 12.1 Å². The Hall–Kier alpha value is -2.50. The zero-order chi connectivity index (χ0) is 20.2. The van der Waals surface area contributed by atoms with Crippen LogP contribution in [0.15, 0.2) is 54.7 Å². The number of anilines is 1. The molecule has 1 aliphatic carbocycles. The van der Waals surface area contributed by atoms with Crippen LogP contribution in [0.2, 0.25) is 5.02 Å². The van der Waals surface area contributed by atoms with Crippen molar-refractivity contribution >= 4 is 17.4 Å². The Morgan fingerprint density at radius 2 is 1.97 bits per heavy atom. The predicted octanol–water partition coefficient (Wildman–Crippen LogP) is 5.89. The molecule has 0 unspecified atom stereocenters. The first-order chi connectivity index (χ1) is 14.1. The fraction of sp³-hybridized carbons (Fsp3) is 0.333. The molecule has 0 spiro atoms. The van der Waals surface area contributed by atoms with Crippen molar-refractivity contribution in [2.24, 2.45) is 5.92 Å². The Morgan fingerprint density at radius 1 is 1.13 bits per heavy atom. The van der Waals surface area contributed by atoms with Gasteiger partial charge >= 0.3 is 0 Å². The molecular weight excluding hydrogens is 401 g/mol. The van der Waals surface area contributed by atoms with E-state index in [1.807, 2.05) is 30.3 Å². The second-order valence-corrected chi connectivity index (χ2v) is 7.99. The lowest BCUT2D eigenvalue weighted by atomic mass is 10.00. The second kappa shape index (κ2) is 10.0. The third-order valence-electron chi connectivity index (χ3n) is 5.31. The van der Waals surface area contributed by atoms with Gasteiger partial charge in [0.05, 0.1) is 16.8 Å². The van der Waals surface area contributed by atoms with Crippen LogP contribution < -0.4 is 5.32 Å². The summed E-state index contributed by atoms with van der Waals surface area (Å²) >= 11 is 6.41. The maximum atomic E-state index is 13.3. The Balaban J connectivity index is 0.00000256. The summed E-state index contributed by atoms with van der Waals surface area (Å²) in [6, 6.07) is 14.2. The van der Waals surface area contributed by atoms with Gasteiger partial charge in [0.1, 0.15) is 11.6 Å². The van der Waals surface area contributed by atoms with Crippen LogP contribution in [-0.4, -0.2) is 21.2 Å². The van der Waals surface area contributed by atoms with Gasteiger partial charge in [0, 0.05) is 24.0 Å². The quantitative estimate of drug-likeness (QED) is 0.515. The van der Waals surface area contributed by atoms with E-state index in [0.717, 1.165) is 48.2 Å². The number of rotatable bonds is 6. The first-order valence-electron chi connectivity index (χ1n) is 9.85. The van der Waals surface area contributed by atoms with E-state index < -0.39 is 0 Å². The van der Waals surface area contributed by atoms with Crippen LogP contribution in [0.3, 0.4) is 0 Å². The van der Waals surface area contributed by atoms with Gasteiger partial charge < -0.3 is 10.4 Å². The molecule has 2 atom stereocenters. The summed E-state index contributed by atoms with van der Waals surface area (Å²) in [4.78, 5) is 9.14. The summed E-state index contributed by atoms with van der Waals surface area (Å²) in [5, 5.41) is 13.5. The molecule has 158 valence electrons. The lowest BCUT2D eigenvalue weighted by Gasteiger charge is -2.12. The Bertz CT molecular complexity index is 998. The summed E-state index contributed by atoms with van der Waals surface area (Å²) in [7, 11) is 0. The van der Waals surface area contributed by atoms with E-state index in [-0.39, 0.29) is 19.3 Å². The molecule has 2 N–H and O–H groups in total. The van der Waals surface area contributed by atoms with E-state index in [2.05, 4.69) is 15.3 Å². The van der Waals surface area contributed by atoms with Gasteiger partial charge in [-0.1, -0.05) is 37.2 Å². The van der Waals surface area contributed by atoms with Crippen molar-refractivity contribution in [2.75, 3.05) is 5.32 Å². The molecule has 2 heterocycles. The SMILES string of the molecule is C.O[C@@H]1CC[C@H](Cc2cc(-c3cccc(NCc4cccc(F)c4)n3)c(Cl)cn2)C1. The normalized spacial score (nSPS) is 18.1. The Kier molecular flexibility index (Phi) is 7.40. The van der Waals surface area contributed by atoms with E-state index in [1.54, 1.807) is 12.3 Å². The van der Waals surface area contributed by atoms with Crippen molar-refractivity contribution < 1.29 is 9.50 Å². The van der Waals surface area contributed by atoms with Crippen LogP contribution in [-0.2, 0) is 13.0 Å². The molecule has 0 bridgehead atoms. The Labute approximate surface area is 182 Å². The highest BCUT2D eigenvalue weighted by atomic mass is 35.5. The molecule has 0 amide bonds. The smallest absolute Gasteiger partial charge is 0.126 e. The molecule has 1 aromatic carbocycles. The third kappa shape index (κ3) is 5.55. The van der Waals surface area contributed by atoms with Crippen molar-refractivity contribution in [3.63, 3.8) is 0 Å². The lowest BCUT2D eigenvalue weighted by Crippen LogP contribution is -2.05. The number of aliphatic hydroxyl groups excluding tert-OH is 1. The van der Waals surface area contributed by atoms with Crippen LogP contribution in [0.4, 0.5) is 10.2 Å². The van der Waals surface area contributed by atoms with Gasteiger partial charge in [0.25, 0.3) is 0 Å². The Morgan fingerprint density at radius 3 is 2.73 bits per heavy atom. The zero-order valence-electron chi connectivity index (χ0n) is 16.0. The van der Waals surface area contributed by atoms with Gasteiger partial charge in [-0.05, 0) is 67.5 Å². The second-order valence-electron chi connectivity index (χ2n) is 7.58. The van der Waals surface area contributed by atoms with Gasteiger partial charge in [-0.2, -0.15) is 0 Å². The molecule has 4 rings (SSSR count). The number of halogens is 2. The minimum absolute atomic E-state index is 0. The van der Waals surface area contributed by atoms with Crippen molar-refractivity contribution in [1.82, 2.24) is 9.97 Å². The number of benzene rings is 1. The highest BCUT2D eigenvalue weighted by Gasteiger charge is 2.23. The molecule has 1 fully saturated rings. The van der Waals surface area contributed by atoms with Gasteiger partial charge in [0.2, 0.25) is 0 Å². The summed E-state index contributed by atoms with van der Waals surface area (Å²) in [6.07, 6.45) is 5.04. The van der Waals surface area contributed by atoms with E-state index in [0.29, 0.717) is 23.3 Å². The number of hydrogen-bond acceptors (Lipinski definition) is 4. The maximum Gasteiger partial charge on any atom is 0.126 e. The average Bonchev–Trinajstić information content (AvgIpc) is 3.13. The van der Waals surface area contributed by atoms with Crippen molar-refractivity contribution in [3.05, 3.63) is 76.8 Å². The topological polar surface area (TPSA) is 58.0 Å². The molecule has 1 aliphatic rings. The monoisotopic (exact) mass is 427 g/mol. The van der Waals surface area contributed by atoms with Crippen LogP contribution in [0.25, 0.3) is 11.3 Å².